The molecule has 0 aromatic rings. The molecule has 1 unspecified atom stereocenters. The molecule has 0 aliphatic heterocycles. The van der Waals surface area contributed by atoms with E-state index in [0.717, 1.165) is 6.42 Å². The van der Waals surface area contributed by atoms with E-state index in [1.807, 2.05) is 12.2 Å². The number of allylic oxidation sites excluding steroid dienone is 3. The normalized spacial score (nSPS) is 30.1. The maximum atomic E-state index is 7.48. The molecule has 2 heteroatoms. The zero-order chi connectivity index (χ0) is 9.19. The Balaban J connectivity index is 2.90. The Morgan fingerprint density at radius 3 is 2.83 bits per heavy atom. The van der Waals surface area contributed by atoms with Crippen molar-refractivity contribution in [1.29, 1.82) is 10.8 Å². The van der Waals surface area contributed by atoms with E-state index in [2.05, 4.69) is 13.5 Å². The summed E-state index contributed by atoms with van der Waals surface area (Å²) in [6, 6.07) is 0. The van der Waals surface area contributed by atoms with Crippen molar-refractivity contribution >= 4 is 11.4 Å². The summed E-state index contributed by atoms with van der Waals surface area (Å²) in [5.41, 5.74) is 0.729. The molecule has 12 heavy (non-hydrogen) atoms. The van der Waals surface area contributed by atoms with Crippen molar-refractivity contribution < 1.29 is 0 Å². The van der Waals surface area contributed by atoms with Crippen molar-refractivity contribution in [1.82, 2.24) is 0 Å². The van der Waals surface area contributed by atoms with Gasteiger partial charge in [0.2, 0.25) is 0 Å². The molecule has 0 aromatic carbocycles. The average Bonchev–Trinajstić information content (AvgIpc) is 2.20. The Kier molecular flexibility index (Phi) is 2.27. The minimum absolute atomic E-state index is 0.0326. The van der Waals surface area contributed by atoms with Crippen LogP contribution in [-0.4, -0.2) is 11.4 Å². The fourth-order valence-corrected chi connectivity index (χ4v) is 1.16. The van der Waals surface area contributed by atoms with Crippen LogP contribution in [0.1, 0.15) is 19.8 Å². The molecule has 1 rings (SSSR count). The first-order chi connectivity index (χ1) is 5.57. The highest BCUT2D eigenvalue weighted by atomic mass is 14.5. The van der Waals surface area contributed by atoms with Crippen molar-refractivity contribution in [2.75, 3.05) is 0 Å². The molecule has 0 amide bonds. The molecule has 0 bridgehead atoms. The van der Waals surface area contributed by atoms with Crippen LogP contribution in [0.4, 0.5) is 0 Å². The molecule has 1 aliphatic carbocycles. The predicted molar refractivity (Wildman–Crippen MR) is 52.1 cm³/mol. The van der Waals surface area contributed by atoms with Crippen molar-refractivity contribution in [3.63, 3.8) is 0 Å². The summed E-state index contributed by atoms with van der Waals surface area (Å²) < 4.78 is 0. The first kappa shape index (κ1) is 8.91. The first-order valence-corrected chi connectivity index (χ1v) is 4.06. The molecule has 0 saturated carbocycles. The minimum Gasteiger partial charge on any atom is -0.303 e. The Labute approximate surface area is 73.0 Å². The van der Waals surface area contributed by atoms with Gasteiger partial charge in [0.1, 0.15) is 0 Å². The number of hydrogen-bond acceptors (Lipinski definition) is 2. The van der Waals surface area contributed by atoms with Crippen molar-refractivity contribution in [2.45, 2.75) is 19.8 Å². The molecule has 2 N–H and O–H groups in total. The average molecular weight is 162 g/mol. The van der Waals surface area contributed by atoms with Crippen LogP contribution in [0.2, 0.25) is 0 Å². The monoisotopic (exact) mass is 162 g/mol. The zero-order valence-corrected chi connectivity index (χ0v) is 7.35. The lowest BCUT2D eigenvalue weighted by Gasteiger charge is -2.18. The van der Waals surface area contributed by atoms with E-state index < -0.39 is 0 Å². The van der Waals surface area contributed by atoms with Crippen LogP contribution in [0.5, 0.6) is 0 Å². The van der Waals surface area contributed by atoms with Gasteiger partial charge in [0.05, 0.1) is 11.4 Å². The van der Waals surface area contributed by atoms with Crippen LogP contribution in [-0.2, 0) is 0 Å². The van der Waals surface area contributed by atoms with Crippen LogP contribution in [0.25, 0.3) is 0 Å². The first-order valence-electron chi connectivity index (χ1n) is 4.06. The van der Waals surface area contributed by atoms with Gasteiger partial charge in [-0.15, -0.1) is 6.58 Å². The summed E-state index contributed by atoms with van der Waals surface area (Å²) in [6.07, 6.45) is 7.11. The van der Waals surface area contributed by atoms with E-state index in [0.29, 0.717) is 17.8 Å². The highest BCUT2D eigenvalue weighted by Crippen LogP contribution is 2.28. The summed E-state index contributed by atoms with van der Waals surface area (Å²) in [6.45, 7) is 5.83. The lowest BCUT2D eigenvalue weighted by atomic mass is 9.86. The van der Waals surface area contributed by atoms with Gasteiger partial charge in [-0.2, -0.15) is 0 Å². The fraction of sp³-hybridized carbons (Fsp3) is 0.400. The van der Waals surface area contributed by atoms with E-state index in [1.54, 1.807) is 6.08 Å². The summed E-state index contributed by atoms with van der Waals surface area (Å²) in [5.74, 6) is 0. The molecule has 0 saturated heterocycles. The Morgan fingerprint density at radius 2 is 2.25 bits per heavy atom. The lowest BCUT2D eigenvalue weighted by Crippen LogP contribution is -2.10. The van der Waals surface area contributed by atoms with E-state index in [9.17, 15) is 0 Å². The van der Waals surface area contributed by atoms with Crippen molar-refractivity contribution in [3.8, 4) is 0 Å². The molecular formula is C10H14N2. The molecule has 2 nitrogen and oxygen atoms in total. The standard InChI is InChI=1S/C10H14N2/c1-3-10(2)6-4-8(11)9(12)5-7-10/h3-4,6,11-12H,1,5,7H2,2H3. The van der Waals surface area contributed by atoms with Gasteiger partial charge in [-0.05, 0) is 18.9 Å². The van der Waals surface area contributed by atoms with Crippen LogP contribution in [0, 0.1) is 16.2 Å². The minimum atomic E-state index is -0.0326. The number of rotatable bonds is 1. The van der Waals surface area contributed by atoms with Gasteiger partial charge >= 0.3 is 0 Å². The van der Waals surface area contributed by atoms with Gasteiger partial charge in [0, 0.05) is 5.41 Å². The lowest BCUT2D eigenvalue weighted by molar-refractivity contribution is 0.517. The second-order valence-electron chi connectivity index (χ2n) is 3.44. The SMILES string of the molecule is C=CC1(C)C=CC(=N)C(=N)CC1. The highest BCUT2D eigenvalue weighted by molar-refractivity contribution is 6.44. The summed E-state index contributed by atoms with van der Waals surface area (Å²) in [5, 5.41) is 14.9. The van der Waals surface area contributed by atoms with Crippen LogP contribution in [0.15, 0.2) is 24.8 Å². The third-order valence-electron chi connectivity index (χ3n) is 2.34. The molecule has 0 aromatic heterocycles. The number of hydrogen-bond donors (Lipinski definition) is 2. The molecule has 0 heterocycles. The Bertz CT molecular complexity index is 263. The van der Waals surface area contributed by atoms with Gasteiger partial charge in [-0.3, -0.25) is 5.41 Å². The van der Waals surface area contributed by atoms with Crippen molar-refractivity contribution in [3.05, 3.63) is 24.8 Å². The van der Waals surface area contributed by atoms with Crippen LogP contribution >= 0.6 is 0 Å². The number of nitrogens with one attached hydrogen (secondary N) is 2. The van der Waals surface area contributed by atoms with Gasteiger partial charge in [-0.25, -0.2) is 0 Å². The van der Waals surface area contributed by atoms with E-state index in [4.69, 9.17) is 10.8 Å². The molecular weight excluding hydrogens is 148 g/mol. The molecule has 0 fully saturated rings. The highest BCUT2D eigenvalue weighted by Gasteiger charge is 2.20. The maximum absolute atomic E-state index is 7.48. The van der Waals surface area contributed by atoms with Crippen LogP contribution in [0.3, 0.4) is 0 Å². The van der Waals surface area contributed by atoms with Crippen molar-refractivity contribution in [2.24, 2.45) is 5.41 Å². The fourth-order valence-electron chi connectivity index (χ4n) is 1.16. The van der Waals surface area contributed by atoms with Crippen LogP contribution < -0.4 is 0 Å². The predicted octanol–water partition coefficient (Wildman–Crippen LogP) is 2.57. The van der Waals surface area contributed by atoms with E-state index in [-0.39, 0.29) is 5.41 Å². The molecule has 64 valence electrons. The molecule has 0 spiro atoms. The van der Waals surface area contributed by atoms with E-state index >= 15 is 0 Å². The van der Waals surface area contributed by atoms with Gasteiger partial charge < -0.3 is 5.41 Å². The summed E-state index contributed by atoms with van der Waals surface area (Å²) in [4.78, 5) is 0. The largest absolute Gasteiger partial charge is 0.303 e. The maximum Gasteiger partial charge on any atom is 0.0744 e. The zero-order valence-electron chi connectivity index (χ0n) is 7.35. The second kappa shape index (κ2) is 3.05. The van der Waals surface area contributed by atoms with Gasteiger partial charge in [0.15, 0.2) is 0 Å². The molecule has 1 atom stereocenters. The smallest absolute Gasteiger partial charge is 0.0744 e. The molecule has 1 aliphatic rings. The third-order valence-corrected chi connectivity index (χ3v) is 2.34. The quantitative estimate of drug-likeness (QED) is 0.557. The van der Waals surface area contributed by atoms with Gasteiger partial charge in [0.25, 0.3) is 0 Å². The topological polar surface area (TPSA) is 47.7 Å². The van der Waals surface area contributed by atoms with Gasteiger partial charge in [-0.1, -0.05) is 19.1 Å². The summed E-state index contributed by atoms with van der Waals surface area (Å²) in [7, 11) is 0. The third kappa shape index (κ3) is 1.70. The Hall–Kier alpha value is -1.18. The second-order valence-corrected chi connectivity index (χ2v) is 3.44. The Morgan fingerprint density at radius 1 is 1.58 bits per heavy atom. The summed E-state index contributed by atoms with van der Waals surface area (Å²) >= 11 is 0. The van der Waals surface area contributed by atoms with E-state index in [1.165, 1.54) is 0 Å². The molecule has 0 radical (unpaired) electrons.